The average Bonchev–Trinajstić information content (AvgIpc) is 2.97. The quantitative estimate of drug-likeness (QED) is 0.764. The maximum atomic E-state index is 13.1. The molecule has 0 spiro atoms. The number of benzene rings is 1. The third-order valence-corrected chi connectivity index (χ3v) is 2.07. The van der Waals surface area contributed by atoms with Gasteiger partial charge < -0.3 is 10.1 Å². The van der Waals surface area contributed by atoms with Gasteiger partial charge in [-0.15, -0.1) is 0 Å². The van der Waals surface area contributed by atoms with Crippen molar-refractivity contribution in [1.29, 1.82) is 0 Å². The zero-order valence-electron chi connectivity index (χ0n) is 7.80. The van der Waals surface area contributed by atoms with Crippen molar-refractivity contribution in [3.8, 4) is 0 Å². The van der Waals surface area contributed by atoms with Gasteiger partial charge in [-0.05, 0) is 12.1 Å². The second-order valence-electron chi connectivity index (χ2n) is 3.29. The number of hydrogen-bond donors (Lipinski definition) is 1. The summed E-state index contributed by atoms with van der Waals surface area (Å²) in [7, 11) is 0. The Morgan fingerprint density at radius 1 is 1.53 bits per heavy atom. The van der Waals surface area contributed by atoms with Crippen LogP contribution in [0, 0.1) is 11.6 Å². The van der Waals surface area contributed by atoms with Crippen molar-refractivity contribution < 1.29 is 18.3 Å². The van der Waals surface area contributed by atoms with Crippen LogP contribution in [0.15, 0.2) is 18.2 Å². The Morgan fingerprint density at radius 2 is 2.27 bits per heavy atom. The van der Waals surface area contributed by atoms with Crippen LogP contribution in [0.2, 0.25) is 0 Å². The Balaban J connectivity index is 2.03. The van der Waals surface area contributed by atoms with Crippen molar-refractivity contribution >= 4 is 5.91 Å². The third-order valence-electron chi connectivity index (χ3n) is 2.07. The van der Waals surface area contributed by atoms with E-state index in [9.17, 15) is 13.6 Å². The summed E-state index contributed by atoms with van der Waals surface area (Å²) in [5, 5.41) is 2.49. The van der Waals surface area contributed by atoms with E-state index in [4.69, 9.17) is 4.74 Å². The first-order valence-electron chi connectivity index (χ1n) is 4.51. The molecule has 80 valence electrons. The number of carbonyl (C=O) groups is 1. The van der Waals surface area contributed by atoms with Gasteiger partial charge in [0, 0.05) is 12.6 Å². The molecule has 1 aliphatic heterocycles. The molecule has 2 rings (SSSR count). The SMILES string of the molecule is O=C(NC[C@H]1CO1)c1ccc(F)cc1F. The monoisotopic (exact) mass is 213 g/mol. The minimum absolute atomic E-state index is 0.0393. The lowest BCUT2D eigenvalue weighted by Gasteiger charge is -2.03. The van der Waals surface area contributed by atoms with Crippen LogP contribution in [0.3, 0.4) is 0 Å². The molecule has 0 aromatic heterocycles. The molecule has 0 bridgehead atoms. The van der Waals surface area contributed by atoms with Gasteiger partial charge in [0.1, 0.15) is 11.6 Å². The van der Waals surface area contributed by atoms with Gasteiger partial charge in [-0.1, -0.05) is 0 Å². The minimum atomic E-state index is -0.857. The molecule has 0 unspecified atom stereocenters. The second-order valence-corrected chi connectivity index (χ2v) is 3.29. The molecule has 1 aliphatic rings. The largest absolute Gasteiger partial charge is 0.371 e. The lowest BCUT2D eigenvalue weighted by molar-refractivity contribution is 0.0946. The summed E-state index contributed by atoms with van der Waals surface area (Å²) in [6.45, 7) is 0.974. The highest BCUT2D eigenvalue weighted by atomic mass is 19.1. The number of epoxide rings is 1. The first-order chi connectivity index (χ1) is 7.16. The Hall–Kier alpha value is -1.49. The lowest BCUT2D eigenvalue weighted by atomic mass is 10.2. The predicted octanol–water partition coefficient (Wildman–Crippen LogP) is 1.09. The molecule has 1 N–H and O–H groups in total. The molecular formula is C10H9F2NO2. The molecule has 1 amide bonds. The minimum Gasteiger partial charge on any atom is -0.371 e. The average molecular weight is 213 g/mol. The first-order valence-corrected chi connectivity index (χ1v) is 4.51. The number of hydrogen-bond acceptors (Lipinski definition) is 2. The van der Waals surface area contributed by atoms with Crippen LogP contribution < -0.4 is 5.32 Å². The van der Waals surface area contributed by atoms with Crippen LogP contribution in [0.5, 0.6) is 0 Å². The Morgan fingerprint density at radius 3 is 2.87 bits per heavy atom. The molecule has 0 radical (unpaired) electrons. The summed E-state index contributed by atoms with van der Waals surface area (Å²) >= 11 is 0. The Labute approximate surface area is 85.0 Å². The normalized spacial score (nSPS) is 18.7. The van der Waals surface area contributed by atoms with E-state index in [1.807, 2.05) is 0 Å². The first kappa shape index (κ1) is 10.0. The molecule has 1 aromatic carbocycles. The highest BCUT2D eigenvalue weighted by Crippen LogP contribution is 2.10. The van der Waals surface area contributed by atoms with E-state index in [0.717, 1.165) is 12.1 Å². The second kappa shape index (κ2) is 3.94. The van der Waals surface area contributed by atoms with Crippen LogP contribution in [0.4, 0.5) is 8.78 Å². The molecule has 1 atom stereocenters. The maximum absolute atomic E-state index is 13.1. The summed E-state index contributed by atoms with van der Waals surface area (Å²) in [5.74, 6) is -2.11. The van der Waals surface area contributed by atoms with Crippen molar-refractivity contribution in [3.05, 3.63) is 35.4 Å². The highest BCUT2D eigenvalue weighted by molar-refractivity contribution is 5.94. The van der Waals surface area contributed by atoms with Gasteiger partial charge in [-0.25, -0.2) is 8.78 Å². The predicted molar refractivity (Wildman–Crippen MR) is 48.4 cm³/mol. The number of carbonyl (C=O) groups excluding carboxylic acids is 1. The number of nitrogens with one attached hydrogen (secondary N) is 1. The number of amides is 1. The Bertz CT molecular complexity index is 391. The van der Waals surface area contributed by atoms with Gasteiger partial charge in [0.2, 0.25) is 0 Å². The van der Waals surface area contributed by atoms with Crippen molar-refractivity contribution in [3.63, 3.8) is 0 Å². The number of halogens is 2. The molecule has 1 aromatic rings. The van der Waals surface area contributed by atoms with E-state index in [1.54, 1.807) is 0 Å². The molecule has 1 heterocycles. The fourth-order valence-electron chi connectivity index (χ4n) is 1.16. The third kappa shape index (κ3) is 2.50. The standard InChI is InChI=1S/C10H9F2NO2/c11-6-1-2-8(9(12)3-6)10(14)13-4-7-5-15-7/h1-3,7H,4-5H2,(H,13,14)/t7-/m0/s1. The summed E-state index contributed by atoms with van der Waals surface area (Å²) in [5.41, 5.74) is -0.156. The van der Waals surface area contributed by atoms with Gasteiger partial charge in [-0.2, -0.15) is 0 Å². The number of ether oxygens (including phenoxy) is 1. The van der Waals surface area contributed by atoms with Crippen LogP contribution in [-0.4, -0.2) is 25.2 Å². The molecular weight excluding hydrogens is 204 g/mol. The highest BCUT2D eigenvalue weighted by Gasteiger charge is 2.23. The van der Waals surface area contributed by atoms with Crippen molar-refractivity contribution in [1.82, 2.24) is 5.32 Å². The van der Waals surface area contributed by atoms with E-state index in [0.29, 0.717) is 19.2 Å². The van der Waals surface area contributed by atoms with E-state index < -0.39 is 17.5 Å². The van der Waals surface area contributed by atoms with E-state index in [2.05, 4.69) is 5.32 Å². The molecule has 15 heavy (non-hydrogen) atoms. The van der Waals surface area contributed by atoms with Gasteiger partial charge in [0.25, 0.3) is 5.91 Å². The van der Waals surface area contributed by atoms with Crippen molar-refractivity contribution in [2.24, 2.45) is 0 Å². The van der Waals surface area contributed by atoms with Crippen molar-refractivity contribution in [2.75, 3.05) is 13.2 Å². The Kier molecular flexibility index (Phi) is 2.64. The van der Waals surface area contributed by atoms with Crippen LogP contribution in [-0.2, 0) is 4.74 Å². The molecule has 5 heteroatoms. The van der Waals surface area contributed by atoms with E-state index in [-0.39, 0.29) is 11.7 Å². The van der Waals surface area contributed by atoms with Gasteiger partial charge in [0.15, 0.2) is 0 Å². The fraction of sp³-hybridized carbons (Fsp3) is 0.300. The molecule has 0 saturated carbocycles. The topological polar surface area (TPSA) is 41.6 Å². The molecule has 3 nitrogen and oxygen atoms in total. The van der Waals surface area contributed by atoms with Gasteiger partial charge in [-0.3, -0.25) is 4.79 Å². The zero-order valence-corrected chi connectivity index (χ0v) is 7.80. The summed E-state index contributed by atoms with van der Waals surface area (Å²) in [6.07, 6.45) is 0.0393. The van der Waals surface area contributed by atoms with Crippen LogP contribution >= 0.6 is 0 Å². The lowest BCUT2D eigenvalue weighted by Crippen LogP contribution is -2.28. The maximum Gasteiger partial charge on any atom is 0.254 e. The summed E-state index contributed by atoms with van der Waals surface area (Å²) in [6, 6.07) is 2.85. The molecule has 1 fully saturated rings. The fourth-order valence-corrected chi connectivity index (χ4v) is 1.16. The molecule has 0 aliphatic carbocycles. The number of rotatable bonds is 3. The summed E-state index contributed by atoms with van der Waals surface area (Å²) in [4.78, 5) is 11.4. The van der Waals surface area contributed by atoms with E-state index >= 15 is 0 Å². The van der Waals surface area contributed by atoms with Gasteiger partial charge in [0.05, 0.1) is 18.3 Å². The van der Waals surface area contributed by atoms with Crippen LogP contribution in [0.25, 0.3) is 0 Å². The smallest absolute Gasteiger partial charge is 0.254 e. The van der Waals surface area contributed by atoms with E-state index in [1.165, 1.54) is 0 Å². The van der Waals surface area contributed by atoms with Gasteiger partial charge >= 0.3 is 0 Å². The molecule has 1 saturated heterocycles. The zero-order chi connectivity index (χ0) is 10.8. The van der Waals surface area contributed by atoms with Crippen molar-refractivity contribution in [2.45, 2.75) is 6.10 Å². The van der Waals surface area contributed by atoms with Crippen LogP contribution in [0.1, 0.15) is 10.4 Å². The summed E-state index contributed by atoms with van der Waals surface area (Å²) < 4.78 is 30.5.